The number of carbonyl (C=O) groups excluding carboxylic acids is 1. The van der Waals surface area contributed by atoms with Crippen LogP contribution in [0.2, 0.25) is 15.2 Å². The molecule has 7 heteroatoms. The molecule has 0 radical (unpaired) electrons. The number of benzene rings is 1. The highest BCUT2D eigenvalue weighted by Crippen LogP contribution is 2.26. The highest BCUT2D eigenvalue weighted by Gasteiger charge is 2.13. The molecule has 1 aromatic heterocycles. The number of anilines is 1. The van der Waals surface area contributed by atoms with Crippen molar-refractivity contribution in [3.05, 3.63) is 50.9 Å². The number of hydrogen-bond acceptors (Lipinski definition) is 3. The van der Waals surface area contributed by atoms with E-state index in [9.17, 15) is 4.79 Å². The quantitative estimate of drug-likeness (QED) is 0.852. The van der Waals surface area contributed by atoms with Gasteiger partial charge >= 0.3 is 0 Å². The molecule has 2 rings (SSSR count). The molecule has 0 atom stereocenters. The van der Waals surface area contributed by atoms with Gasteiger partial charge in [0.2, 0.25) is 0 Å². The van der Waals surface area contributed by atoms with Crippen LogP contribution in [0.25, 0.3) is 0 Å². The van der Waals surface area contributed by atoms with Crippen LogP contribution in [0.4, 0.5) is 5.82 Å². The highest BCUT2D eigenvalue weighted by atomic mass is 35.5. The average molecular weight is 317 g/mol. The van der Waals surface area contributed by atoms with Crippen LogP contribution >= 0.6 is 34.8 Å². The fraction of sp³-hybridized carbons (Fsp3) is 0.0833. The van der Waals surface area contributed by atoms with Gasteiger partial charge in [-0.3, -0.25) is 4.79 Å². The topological polar surface area (TPSA) is 54.9 Å². The van der Waals surface area contributed by atoms with E-state index in [1.165, 1.54) is 6.33 Å². The van der Waals surface area contributed by atoms with Crippen LogP contribution in [0.3, 0.4) is 0 Å². The molecule has 0 aliphatic heterocycles. The summed E-state index contributed by atoms with van der Waals surface area (Å²) in [6.45, 7) is 1.84. The zero-order valence-electron chi connectivity index (χ0n) is 9.75. The van der Waals surface area contributed by atoms with Crippen molar-refractivity contribution < 1.29 is 4.79 Å². The van der Waals surface area contributed by atoms with E-state index in [2.05, 4.69) is 15.3 Å². The third-order valence-electron chi connectivity index (χ3n) is 2.28. The standard InChI is InChI=1S/C12H8Cl3N3O/c1-6-2-7(4-8(13)3-6)12(19)18-11-9(14)10(15)16-5-17-11/h2-5H,1H3,(H,16,17,18,19). The molecular weight excluding hydrogens is 309 g/mol. The summed E-state index contributed by atoms with van der Waals surface area (Å²) in [6.07, 6.45) is 1.22. The van der Waals surface area contributed by atoms with E-state index in [0.29, 0.717) is 10.6 Å². The lowest BCUT2D eigenvalue weighted by Crippen LogP contribution is -2.13. The summed E-state index contributed by atoms with van der Waals surface area (Å²) in [6, 6.07) is 5.02. The first-order chi connectivity index (χ1) is 8.97. The molecule has 4 nitrogen and oxygen atoms in total. The van der Waals surface area contributed by atoms with Gasteiger partial charge in [-0.25, -0.2) is 9.97 Å². The maximum Gasteiger partial charge on any atom is 0.256 e. The summed E-state index contributed by atoms with van der Waals surface area (Å²) in [5.41, 5.74) is 1.29. The van der Waals surface area contributed by atoms with Gasteiger partial charge in [-0.1, -0.05) is 34.8 Å². The molecule has 2 aromatic rings. The van der Waals surface area contributed by atoms with Crippen LogP contribution in [0, 0.1) is 6.92 Å². The molecule has 1 heterocycles. The molecule has 1 aromatic carbocycles. The Morgan fingerprint density at radius 1 is 1.16 bits per heavy atom. The molecule has 0 saturated heterocycles. The minimum absolute atomic E-state index is 0.0780. The molecule has 0 fully saturated rings. The lowest BCUT2D eigenvalue weighted by molar-refractivity contribution is 0.102. The van der Waals surface area contributed by atoms with Crippen molar-refractivity contribution in [1.82, 2.24) is 9.97 Å². The highest BCUT2D eigenvalue weighted by molar-refractivity contribution is 6.43. The first-order valence-corrected chi connectivity index (χ1v) is 6.35. The minimum Gasteiger partial charge on any atom is -0.305 e. The van der Waals surface area contributed by atoms with E-state index < -0.39 is 0 Å². The average Bonchev–Trinajstić information content (AvgIpc) is 2.33. The number of amides is 1. The number of aromatic nitrogens is 2. The predicted octanol–water partition coefficient (Wildman–Crippen LogP) is 4.00. The fourth-order valence-corrected chi connectivity index (χ4v) is 2.05. The van der Waals surface area contributed by atoms with E-state index in [4.69, 9.17) is 34.8 Å². The van der Waals surface area contributed by atoms with Crippen molar-refractivity contribution in [2.75, 3.05) is 5.32 Å². The van der Waals surface area contributed by atoms with Gasteiger partial charge < -0.3 is 5.32 Å². The molecule has 0 bridgehead atoms. The molecule has 1 N–H and O–H groups in total. The molecule has 0 saturated carbocycles. The van der Waals surface area contributed by atoms with Crippen molar-refractivity contribution in [2.45, 2.75) is 6.92 Å². The van der Waals surface area contributed by atoms with Crippen LogP contribution in [0.15, 0.2) is 24.5 Å². The van der Waals surface area contributed by atoms with Crippen molar-refractivity contribution in [3.8, 4) is 0 Å². The lowest BCUT2D eigenvalue weighted by Gasteiger charge is -2.07. The van der Waals surface area contributed by atoms with Gasteiger partial charge in [0, 0.05) is 10.6 Å². The summed E-state index contributed by atoms with van der Waals surface area (Å²) in [5, 5.41) is 3.21. The second kappa shape index (κ2) is 5.74. The fourth-order valence-electron chi connectivity index (χ4n) is 1.48. The number of nitrogens with zero attached hydrogens (tertiary/aromatic N) is 2. The van der Waals surface area contributed by atoms with Crippen LogP contribution in [0.5, 0.6) is 0 Å². The van der Waals surface area contributed by atoms with Gasteiger partial charge in [0.05, 0.1) is 0 Å². The second-order valence-electron chi connectivity index (χ2n) is 3.80. The minimum atomic E-state index is -0.373. The maximum absolute atomic E-state index is 12.1. The van der Waals surface area contributed by atoms with Gasteiger partial charge in [0.15, 0.2) is 11.0 Å². The summed E-state index contributed by atoms with van der Waals surface area (Å²) in [7, 11) is 0. The van der Waals surface area contributed by atoms with E-state index in [0.717, 1.165) is 5.56 Å². The smallest absolute Gasteiger partial charge is 0.256 e. The van der Waals surface area contributed by atoms with E-state index in [1.54, 1.807) is 18.2 Å². The molecule has 0 spiro atoms. The Balaban J connectivity index is 2.28. The second-order valence-corrected chi connectivity index (χ2v) is 4.97. The first-order valence-electron chi connectivity index (χ1n) is 5.22. The summed E-state index contributed by atoms with van der Waals surface area (Å²) in [4.78, 5) is 19.6. The zero-order chi connectivity index (χ0) is 14.0. The zero-order valence-corrected chi connectivity index (χ0v) is 12.0. The summed E-state index contributed by atoms with van der Waals surface area (Å²) in [5.74, 6) is -0.216. The Bertz CT molecular complexity index is 626. The van der Waals surface area contributed by atoms with Gasteiger partial charge in [-0.05, 0) is 30.7 Å². The number of rotatable bonds is 2. The van der Waals surface area contributed by atoms with Crippen LogP contribution in [0.1, 0.15) is 15.9 Å². The van der Waals surface area contributed by atoms with Crippen molar-refractivity contribution in [2.24, 2.45) is 0 Å². The molecular formula is C12H8Cl3N3O. The Morgan fingerprint density at radius 3 is 2.58 bits per heavy atom. The predicted molar refractivity (Wildman–Crippen MR) is 76.2 cm³/mol. The largest absolute Gasteiger partial charge is 0.305 e. The molecule has 98 valence electrons. The van der Waals surface area contributed by atoms with Gasteiger partial charge in [-0.2, -0.15) is 0 Å². The molecule has 19 heavy (non-hydrogen) atoms. The molecule has 0 aliphatic carbocycles. The molecule has 1 amide bonds. The number of halogens is 3. The summed E-state index contributed by atoms with van der Waals surface area (Å²) < 4.78 is 0. The Morgan fingerprint density at radius 2 is 1.89 bits per heavy atom. The maximum atomic E-state index is 12.1. The summed E-state index contributed by atoms with van der Waals surface area (Å²) >= 11 is 17.5. The Labute approximate surface area is 124 Å². The van der Waals surface area contributed by atoms with E-state index in [-0.39, 0.29) is 21.9 Å². The third kappa shape index (κ3) is 3.35. The SMILES string of the molecule is Cc1cc(Cl)cc(C(=O)Nc2ncnc(Cl)c2Cl)c1. The lowest BCUT2D eigenvalue weighted by atomic mass is 10.1. The number of nitrogens with one attached hydrogen (secondary N) is 1. The van der Waals surface area contributed by atoms with Crippen molar-refractivity contribution in [3.63, 3.8) is 0 Å². The normalized spacial score (nSPS) is 10.3. The molecule has 0 aliphatic rings. The van der Waals surface area contributed by atoms with Gasteiger partial charge in [-0.15, -0.1) is 0 Å². The number of aryl methyl sites for hydroxylation is 1. The third-order valence-corrected chi connectivity index (χ3v) is 3.24. The number of carbonyl (C=O) groups is 1. The van der Waals surface area contributed by atoms with Gasteiger partial charge in [0.25, 0.3) is 5.91 Å². The monoisotopic (exact) mass is 315 g/mol. The number of hydrogen-bond donors (Lipinski definition) is 1. The van der Waals surface area contributed by atoms with Crippen molar-refractivity contribution in [1.29, 1.82) is 0 Å². The Hall–Kier alpha value is -1.36. The van der Waals surface area contributed by atoms with Crippen LogP contribution in [-0.4, -0.2) is 15.9 Å². The first kappa shape index (κ1) is 14.1. The van der Waals surface area contributed by atoms with Gasteiger partial charge in [0.1, 0.15) is 11.3 Å². The van der Waals surface area contributed by atoms with E-state index in [1.807, 2.05) is 6.92 Å². The van der Waals surface area contributed by atoms with Crippen LogP contribution in [-0.2, 0) is 0 Å². The van der Waals surface area contributed by atoms with E-state index >= 15 is 0 Å². The van der Waals surface area contributed by atoms with Crippen LogP contribution < -0.4 is 5.32 Å². The molecule has 0 unspecified atom stereocenters. The van der Waals surface area contributed by atoms with Crippen molar-refractivity contribution >= 4 is 46.5 Å². The Kier molecular flexibility index (Phi) is 4.24.